The molecule has 16 heavy (non-hydrogen) atoms. The van der Waals surface area contributed by atoms with Crippen LogP contribution in [-0.4, -0.2) is 26.9 Å². The van der Waals surface area contributed by atoms with E-state index in [4.69, 9.17) is 4.74 Å². The molecule has 4 heteroatoms. The molecule has 2 rings (SSSR count). The molecule has 1 heterocycles. The Morgan fingerprint density at radius 1 is 1.38 bits per heavy atom. The lowest BCUT2D eigenvalue weighted by molar-refractivity contribution is 0.0520. The molecule has 2 aliphatic rings. The number of sulfone groups is 1. The lowest BCUT2D eigenvalue weighted by atomic mass is 9.83. The van der Waals surface area contributed by atoms with Crippen molar-refractivity contribution < 1.29 is 13.2 Å². The summed E-state index contributed by atoms with van der Waals surface area (Å²) >= 11 is 0. The van der Waals surface area contributed by atoms with Crippen molar-refractivity contribution in [3.05, 3.63) is 11.5 Å². The molecule has 3 atom stereocenters. The molecule has 0 N–H and O–H groups in total. The van der Waals surface area contributed by atoms with Gasteiger partial charge in [-0.3, -0.25) is 0 Å². The van der Waals surface area contributed by atoms with Gasteiger partial charge in [0.25, 0.3) is 0 Å². The number of rotatable bonds is 3. The number of hydrogen-bond acceptors (Lipinski definition) is 3. The van der Waals surface area contributed by atoms with Gasteiger partial charge in [0, 0.05) is 5.41 Å². The van der Waals surface area contributed by atoms with Crippen molar-refractivity contribution in [3.8, 4) is 0 Å². The highest BCUT2D eigenvalue weighted by molar-refractivity contribution is 7.94. The molecule has 1 aliphatic carbocycles. The fraction of sp³-hybridized carbons (Fsp3) is 0.833. The molecule has 3 unspecified atom stereocenters. The van der Waals surface area contributed by atoms with Gasteiger partial charge >= 0.3 is 0 Å². The largest absolute Gasteiger partial charge is 0.373 e. The van der Waals surface area contributed by atoms with E-state index in [0.29, 0.717) is 5.92 Å². The average Bonchev–Trinajstić information content (AvgIpc) is 2.56. The molecule has 0 saturated heterocycles. The Balaban J connectivity index is 1.74. The summed E-state index contributed by atoms with van der Waals surface area (Å²) in [6, 6.07) is 0. The van der Waals surface area contributed by atoms with Crippen LogP contribution in [0, 0.1) is 11.8 Å². The van der Waals surface area contributed by atoms with Gasteiger partial charge in [-0.25, -0.2) is 8.42 Å². The van der Waals surface area contributed by atoms with Crippen molar-refractivity contribution in [2.45, 2.75) is 38.7 Å². The van der Waals surface area contributed by atoms with Gasteiger partial charge in [0.05, 0.1) is 18.5 Å². The Kier molecular flexibility index (Phi) is 3.70. The molecule has 0 aromatic rings. The fourth-order valence-corrected chi connectivity index (χ4v) is 3.81. The van der Waals surface area contributed by atoms with Crippen molar-refractivity contribution in [2.24, 2.45) is 11.8 Å². The van der Waals surface area contributed by atoms with Crippen LogP contribution in [0.25, 0.3) is 0 Å². The fourth-order valence-electron chi connectivity index (χ4n) is 2.62. The Morgan fingerprint density at radius 3 is 2.81 bits per heavy atom. The van der Waals surface area contributed by atoms with Crippen LogP contribution >= 0.6 is 0 Å². The maximum atomic E-state index is 11.2. The SMILES string of the molecule is CC1CCCC(COC2C=CS(=O)(=O)C2)C1. The summed E-state index contributed by atoms with van der Waals surface area (Å²) in [5.74, 6) is 1.56. The van der Waals surface area contributed by atoms with E-state index in [-0.39, 0.29) is 11.9 Å². The van der Waals surface area contributed by atoms with Gasteiger partial charge < -0.3 is 4.74 Å². The van der Waals surface area contributed by atoms with Crippen LogP contribution in [0.4, 0.5) is 0 Å². The van der Waals surface area contributed by atoms with E-state index in [0.717, 1.165) is 12.5 Å². The van der Waals surface area contributed by atoms with Gasteiger partial charge in [0.1, 0.15) is 0 Å². The van der Waals surface area contributed by atoms with Crippen LogP contribution in [0.3, 0.4) is 0 Å². The van der Waals surface area contributed by atoms with Crippen LogP contribution in [0.1, 0.15) is 32.6 Å². The van der Waals surface area contributed by atoms with E-state index in [9.17, 15) is 8.42 Å². The van der Waals surface area contributed by atoms with Gasteiger partial charge in [0.15, 0.2) is 9.84 Å². The van der Waals surface area contributed by atoms with Crippen LogP contribution in [0.5, 0.6) is 0 Å². The second kappa shape index (κ2) is 4.88. The summed E-state index contributed by atoms with van der Waals surface area (Å²) in [5.41, 5.74) is 0. The Morgan fingerprint density at radius 2 is 2.19 bits per heavy atom. The molecule has 0 aromatic heterocycles. The van der Waals surface area contributed by atoms with Crippen molar-refractivity contribution in [3.63, 3.8) is 0 Å². The van der Waals surface area contributed by atoms with Gasteiger partial charge in [-0.15, -0.1) is 0 Å². The summed E-state index contributed by atoms with van der Waals surface area (Å²) < 4.78 is 28.0. The third-order valence-electron chi connectivity index (χ3n) is 3.49. The predicted molar refractivity (Wildman–Crippen MR) is 63.8 cm³/mol. The summed E-state index contributed by atoms with van der Waals surface area (Å²) in [4.78, 5) is 0. The number of ether oxygens (including phenoxy) is 1. The minimum atomic E-state index is -2.96. The molecule has 0 bridgehead atoms. The zero-order valence-corrected chi connectivity index (χ0v) is 10.6. The molecule has 1 aliphatic heterocycles. The molecular formula is C12H20O3S. The smallest absolute Gasteiger partial charge is 0.174 e. The summed E-state index contributed by atoms with van der Waals surface area (Å²) in [5, 5.41) is 1.28. The van der Waals surface area contributed by atoms with Crippen LogP contribution in [0.15, 0.2) is 11.5 Å². The van der Waals surface area contributed by atoms with Crippen molar-refractivity contribution in [1.82, 2.24) is 0 Å². The minimum absolute atomic E-state index is 0.134. The van der Waals surface area contributed by atoms with E-state index < -0.39 is 9.84 Å². The topological polar surface area (TPSA) is 43.4 Å². The van der Waals surface area contributed by atoms with Crippen LogP contribution in [0.2, 0.25) is 0 Å². The molecule has 0 spiro atoms. The highest BCUT2D eigenvalue weighted by atomic mass is 32.2. The van der Waals surface area contributed by atoms with E-state index in [1.54, 1.807) is 6.08 Å². The van der Waals surface area contributed by atoms with Crippen molar-refractivity contribution in [1.29, 1.82) is 0 Å². The Labute approximate surface area is 97.8 Å². The third kappa shape index (κ3) is 3.32. The highest BCUT2D eigenvalue weighted by Gasteiger charge is 2.24. The quantitative estimate of drug-likeness (QED) is 0.764. The van der Waals surface area contributed by atoms with E-state index >= 15 is 0 Å². The predicted octanol–water partition coefficient (Wildman–Crippen LogP) is 2.14. The summed E-state index contributed by atoms with van der Waals surface area (Å²) in [6.07, 6.45) is 6.53. The lowest BCUT2D eigenvalue weighted by Crippen LogP contribution is -2.23. The molecule has 92 valence electrons. The zero-order chi connectivity index (χ0) is 11.6. The first-order valence-corrected chi connectivity index (χ1v) is 7.79. The highest BCUT2D eigenvalue weighted by Crippen LogP contribution is 2.29. The van der Waals surface area contributed by atoms with Gasteiger partial charge in [-0.05, 0) is 30.8 Å². The minimum Gasteiger partial charge on any atom is -0.373 e. The zero-order valence-electron chi connectivity index (χ0n) is 9.76. The summed E-state index contributed by atoms with van der Waals surface area (Å²) in [7, 11) is -2.96. The lowest BCUT2D eigenvalue weighted by Gasteiger charge is -2.27. The van der Waals surface area contributed by atoms with E-state index in [1.165, 1.54) is 31.1 Å². The number of hydrogen-bond donors (Lipinski definition) is 0. The molecule has 1 saturated carbocycles. The van der Waals surface area contributed by atoms with Gasteiger partial charge in [-0.1, -0.05) is 19.8 Å². The molecular weight excluding hydrogens is 224 g/mol. The standard InChI is InChI=1S/C12H20O3S/c1-10-3-2-4-11(7-10)8-15-12-5-6-16(13,14)9-12/h5-6,10-12H,2-4,7-9H2,1H3. The average molecular weight is 244 g/mol. The molecule has 1 fully saturated rings. The van der Waals surface area contributed by atoms with Crippen molar-refractivity contribution in [2.75, 3.05) is 12.4 Å². The van der Waals surface area contributed by atoms with Crippen LogP contribution < -0.4 is 0 Å². The summed E-state index contributed by atoms with van der Waals surface area (Å²) in [6.45, 7) is 3.00. The first kappa shape index (κ1) is 12.1. The second-order valence-corrected chi connectivity index (χ2v) is 7.10. The Bertz CT molecular complexity index is 358. The van der Waals surface area contributed by atoms with E-state index in [1.807, 2.05) is 0 Å². The van der Waals surface area contributed by atoms with Gasteiger partial charge in [-0.2, -0.15) is 0 Å². The van der Waals surface area contributed by atoms with Gasteiger partial charge in [0.2, 0.25) is 0 Å². The monoisotopic (exact) mass is 244 g/mol. The normalized spacial score (nSPS) is 37.7. The maximum Gasteiger partial charge on any atom is 0.174 e. The molecule has 0 amide bonds. The van der Waals surface area contributed by atoms with Crippen molar-refractivity contribution >= 4 is 9.84 Å². The molecule has 0 aromatic carbocycles. The third-order valence-corrected chi connectivity index (χ3v) is 4.85. The molecule has 3 nitrogen and oxygen atoms in total. The Hall–Kier alpha value is -0.350. The first-order chi connectivity index (χ1) is 7.55. The van der Waals surface area contributed by atoms with E-state index in [2.05, 4.69) is 6.92 Å². The van der Waals surface area contributed by atoms with Crippen LogP contribution in [-0.2, 0) is 14.6 Å². The first-order valence-electron chi connectivity index (χ1n) is 6.08. The second-order valence-electron chi connectivity index (χ2n) is 5.17. The molecule has 0 radical (unpaired) electrons. The maximum absolute atomic E-state index is 11.2.